The highest BCUT2D eigenvalue weighted by Crippen LogP contribution is 2.20. The molecule has 0 saturated carbocycles. The standard InChI is InChI=1S/C12H25NO2.ClH/c1-3-5-7-8-10-12(13,11(14)15)9-6-4-2;/h3-10,13H2,1-2H3,(H,14,15);1H/t12-;/m1./s1. The third kappa shape index (κ3) is 7.07. The fourth-order valence-corrected chi connectivity index (χ4v) is 1.70. The Bertz CT molecular complexity index is 188. The zero-order valence-corrected chi connectivity index (χ0v) is 11.3. The molecule has 0 amide bonds. The van der Waals surface area contributed by atoms with E-state index in [1.165, 1.54) is 12.8 Å². The quantitative estimate of drug-likeness (QED) is 0.618. The van der Waals surface area contributed by atoms with Gasteiger partial charge in [0, 0.05) is 0 Å². The molecule has 0 aromatic rings. The first-order chi connectivity index (χ1) is 7.06. The lowest BCUT2D eigenvalue weighted by Gasteiger charge is -2.24. The van der Waals surface area contributed by atoms with E-state index in [2.05, 4.69) is 13.8 Å². The average molecular weight is 252 g/mol. The number of hydrogen-bond donors (Lipinski definition) is 2. The van der Waals surface area contributed by atoms with E-state index in [1.54, 1.807) is 0 Å². The molecule has 0 aliphatic rings. The number of aliphatic carboxylic acids is 1. The maximum Gasteiger partial charge on any atom is 0.323 e. The Kier molecular flexibility index (Phi) is 11.2. The second kappa shape index (κ2) is 9.91. The Morgan fingerprint density at radius 3 is 2.00 bits per heavy atom. The summed E-state index contributed by atoms with van der Waals surface area (Å²) in [6.07, 6.45) is 7.48. The van der Waals surface area contributed by atoms with Gasteiger partial charge in [0.2, 0.25) is 0 Å². The lowest BCUT2D eigenvalue weighted by molar-refractivity contribution is -0.144. The molecule has 0 spiro atoms. The maximum absolute atomic E-state index is 11.1. The first kappa shape index (κ1) is 18.1. The van der Waals surface area contributed by atoms with Gasteiger partial charge in [-0.25, -0.2) is 0 Å². The Hall–Kier alpha value is -0.280. The van der Waals surface area contributed by atoms with Crippen molar-refractivity contribution in [1.82, 2.24) is 0 Å². The largest absolute Gasteiger partial charge is 0.480 e. The Morgan fingerprint density at radius 1 is 1.06 bits per heavy atom. The third-order valence-electron chi connectivity index (χ3n) is 2.88. The summed E-state index contributed by atoms with van der Waals surface area (Å²) in [5.74, 6) is -0.840. The number of nitrogens with two attached hydrogens (primary N) is 1. The predicted octanol–water partition coefficient (Wildman–Crippen LogP) is 3.35. The van der Waals surface area contributed by atoms with Crippen molar-refractivity contribution in [2.24, 2.45) is 5.73 Å². The molecule has 0 radical (unpaired) electrons. The van der Waals surface area contributed by atoms with Gasteiger partial charge in [0.25, 0.3) is 0 Å². The molecular formula is C12H26ClNO2. The molecule has 0 fully saturated rings. The monoisotopic (exact) mass is 251 g/mol. The van der Waals surface area contributed by atoms with Crippen LogP contribution in [0.2, 0.25) is 0 Å². The Labute approximate surface area is 105 Å². The Balaban J connectivity index is 0. The molecule has 0 aromatic heterocycles. The number of unbranched alkanes of at least 4 members (excludes halogenated alkanes) is 4. The average Bonchev–Trinajstić information content (AvgIpc) is 2.21. The van der Waals surface area contributed by atoms with Crippen molar-refractivity contribution >= 4 is 18.4 Å². The summed E-state index contributed by atoms with van der Waals surface area (Å²) in [6, 6.07) is 0. The lowest BCUT2D eigenvalue weighted by atomic mass is 9.88. The van der Waals surface area contributed by atoms with Gasteiger partial charge >= 0.3 is 5.97 Å². The summed E-state index contributed by atoms with van der Waals surface area (Å²) in [7, 11) is 0. The highest BCUT2D eigenvalue weighted by molar-refractivity contribution is 5.85. The van der Waals surface area contributed by atoms with Crippen LogP contribution in [0.1, 0.15) is 65.2 Å². The minimum absolute atomic E-state index is 0. The summed E-state index contributed by atoms with van der Waals surface area (Å²) >= 11 is 0. The Morgan fingerprint density at radius 2 is 1.56 bits per heavy atom. The summed E-state index contributed by atoms with van der Waals surface area (Å²) in [5, 5.41) is 9.09. The van der Waals surface area contributed by atoms with Gasteiger partial charge in [0.05, 0.1) is 0 Å². The van der Waals surface area contributed by atoms with Gasteiger partial charge in [-0.05, 0) is 12.8 Å². The number of halogens is 1. The van der Waals surface area contributed by atoms with Crippen molar-refractivity contribution in [2.75, 3.05) is 0 Å². The molecule has 16 heavy (non-hydrogen) atoms. The van der Waals surface area contributed by atoms with E-state index in [1.807, 2.05) is 0 Å². The fourth-order valence-electron chi connectivity index (χ4n) is 1.70. The van der Waals surface area contributed by atoms with Crippen LogP contribution in [0, 0.1) is 0 Å². The van der Waals surface area contributed by atoms with Crippen LogP contribution in [-0.4, -0.2) is 16.6 Å². The molecule has 3 nitrogen and oxygen atoms in total. The fraction of sp³-hybridized carbons (Fsp3) is 0.917. The molecule has 0 heterocycles. The third-order valence-corrected chi connectivity index (χ3v) is 2.88. The van der Waals surface area contributed by atoms with E-state index in [0.717, 1.165) is 25.7 Å². The molecule has 0 rings (SSSR count). The van der Waals surface area contributed by atoms with Crippen molar-refractivity contribution in [1.29, 1.82) is 0 Å². The van der Waals surface area contributed by atoms with E-state index < -0.39 is 11.5 Å². The van der Waals surface area contributed by atoms with Crippen LogP contribution in [0.5, 0.6) is 0 Å². The number of carboxylic acids is 1. The zero-order chi connectivity index (χ0) is 11.7. The number of rotatable bonds is 9. The van der Waals surface area contributed by atoms with Crippen molar-refractivity contribution in [3.05, 3.63) is 0 Å². The minimum Gasteiger partial charge on any atom is -0.480 e. The van der Waals surface area contributed by atoms with Crippen LogP contribution in [0.15, 0.2) is 0 Å². The SMILES string of the molecule is CCCCCC[C@](N)(CCCC)C(=O)O.Cl. The lowest BCUT2D eigenvalue weighted by Crippen LogP contribution is -2.47. The van der Waals surface area contributed by atoms with E-state index in [4.69, 9.17) is 10.8 Å². The summed E-state index contributed by atoms with van der Waals surface area (Å²) in [5.41, 5.74) is 4.93. The first-order valence-corrected chi connectivity index (χ1v) is 6.09. The summed E-state index contributed by atoms with van der Waals surface area (Å²) in [4.78, 5) is 11.1. The molecule has 0 aliphatic carbocycles. The number of hydrogen-bond acceptors (Lipinski definition) is 2. The number of carboxylic acid groups (broad SMARTS) is 1. The summed E-state index contributed by atoms with van der Waals surface area (Å²) in [6.45, 7) is 4.20. The second-order valence-electron chi connectivity index (χ2n) is 4.38. The van der Waals surface area contributed by atoms with Gasteiger partial charge in [0.1, 0.15) is 5.54 Å². The van der Waals surface area contributed by atoms with Gasteiger partial charge in [-0.2, -0.15) is 0 Å². The molecule has 3 N–H and O–H groups in total. The smallest absolute Gasteiger partial charge is 0.323 e. The van der Waals surface area contributed by atoms with Crippen LogP contribution in [-0.2, 0) is 4.79 Å². The maximum atomic E-state index is 11.1. The van der Waals surface area contributed by atoms with Crippen molar-refractivity contribution in [3.63, 3.8) is 0 Å². The van der Waals surface area contributed by atoms with Gasteiger partial charge in [-0.15, -0.1) is 12.4 Å². The highest BCUT2D eigenvalue weighted by atomic mass is 35.5. The zero-order valence-electron chi connectivity index (χ0n) is 10.5. The van der Waals surface area contributed by atoms with Gasteiger partial charge in [0.15, 0.2) is 0 Å². The van der Waals surface area contributed by atoms with Crippen molar-refractivity contribution < 1.29 is 9.90 Å². The highest BCUT2D eigenvalue weighted by Gasteiger charge is 2.32. The topological polar surface area (TPSA) is 63.3 Å². The van der Waals surface area contributed by atoms with E-state index >= 15 is 0 Å². The molecule has 98 valence electrons. The molecule has 4 heteroatoms. The second-order valence-corrected chi connectivity index (χ2v) is 4.38. The normalized spacial score (nSPS) is 13.9. The van der Waals surface area contributed by atoms with Crippen LogP contribution in [0.25, 0.3) is 0 Å². The van der Waals surface area contributed by atoms with E-state index in [9.17, 15) is 4.79 Å². The van der Waals surface area contributed by atoms with Crippen LogP contribution < -0.4 is 5.73 Å². The summed E-state index contributed by atoms with van der Waals surface area (Å²) < 4.78 is 0. The molecule has 0 aliphatic heterocycles. The van der Waals surface area contributed by atoms with E-state index in [-0.39, 0.29) is 12.4 Å². The van der Waals surface area contributed by atoms with Gasteiger partial charge in [-0.3, -0.25) is 4.79 Å². The van der Waals surface area contributed by atoms with E-state index in [0.29, 0.717) is 12.8 Å². The van der Waals surface area contributed by atoms with Crippen molar-refractivity contribution in [2.45, 2.75) is 70.8 Å². The van der Waals surface area contributed by atoms with Crippen LogP contribution in [0.3, 0.4) is 0 Å². The van der Waals surface area contributed by atoms with Gasteiger partial charge in [-0.1, -0.05) is 52.4 Å². The molecule has 0 unspecified atom stereocenters. The molecule has 0 bridgehead atoms. The van der Waals surface area contributed by atoms with Gasteiger partial charge < -0.3 is 10.8 Å². The molecule has 0 saturated heterocycles. The van der Waals surface area contributed by atoms with Crippen LogP contribution in [0.4, 0.5) is 0 Å². The minimum atomic E-state index is -0.982. The van der Waals surface area contributed by atoms with Crippen LogP contribution >= 0.6 is 12.4 Å². The molecule has 0 aromatic carbocycles. The first-order valence-electron chi connectivity index (χ1n) is 6.09. The number of carbonyl (C=O) groups is 1. The molecule has 1 atom stereocenters. The predicted molar refractivity (Wildman–Crippen MR) is 70.1 cm³/mol. The molecular weight excluding hydrogens is 226 g/mol. The van der Waals surface area contributed by atoms with Crippen molar-refractivity contribution in [3.8, 4) is 0 Å².